The van der Waals surface area contributed by atoms with E-state index in [2.05, 4.69) is 20.4 Å². The van der Waals surface area contributed by atoms with Gasteiger partial charge in [-0.1, -0.05) is 30.3 Å². The maximum Gasteiger partial charge on any atom is 0.260 e. The molecule has 0 unspecified atom stereocenters. The maximum atomic E-state index is 13.6. The third-order valence-electron chi connectivity index (χ3n) is 6.27. The number of hydrogen-bond donors (Lipinski definition) is 1. The molecule has 0 aliphatic carbocycles. The Hall–Kier alpha value is -4.11. The topological polar surface area (TPSA) is 97.5 Å². The van der Waals surface area contributed by atoms with Gasteiger partial charge in [0.15, 0.2) is 5.65 Å². The highest BCUT2D eigenvalue weighted by atomic mass is 16.5. The summed E-state index contributed by atoms with van der Waals surface area (Å²) in [6.45, 7) is 3.26. The Labute approximate surface area is 196 Å². The van der Waals surface area contributed by atoms with Crippen LogP contribution in [0.3, 0.4) is 0 Å². The molecule has 4 aromatic rings. The van der Waals surface area contributed by atoms with Gasteiger partial charge in [0.05, 0.1) is 17.5 Å². The summed E-state index contributed by atoms with van der Waals surface area (Å²) in [5, 5.41) is 7.50. The molecular formula is C25H23N7O2. The van der Waals surface area contributed by atoms with E-state index in [1.54, 1.807) is 10.7 Å². The molecule has 1 fully saturated rings. The molecular weight excluding hydrogens is 430 g/mol. The van der Waals surface area contributed by atoms with Crippen LogP contribution in [0.4, 0.5) is 17.5 Å². The molecule has 0 atom stereocenters. The van der Waals surface area contributed by atoms with Gasteiger partial charge < -0.3 is 10.1 Å². The molecule has 34 heavy (non-hydrogen) atoms. The Morgan fingerprint density at radius 3 is 2.79 bits per heavy atom. The Balaban J connectivity index is 1.41. The number of fused-ring (bicyclic) bond motifs is 2. The number of carbonyl (C=O) groups is 1. The minimum atomic E-state index is -0.0441. The van der Waals surface area contributed by atoms with E-state index >= 15 is 0 Å². The second kappa shape index (κ2) is 8.35. The quantitative estimate of drug-likeness (QED) is 0.471. The molecule has 2 aliphatic heterocycles. The SMILES string of the molecule is Cc1cc2ncnn2cc1Nc1ncc2c(n1)N(C1CCOCC1)C(=O)/C2=C\c1ccccc1. The Bertz CT molecular complexity index is 1410. The van der Waals surface area contributed by atoms with Gasteiger partial charge in [0.1, 0.15) is 12.1 Å². The maximum absolute atomic E-state index is 13.6. The van der Waals surface area contributed by atoms with Crippen LogP contribution in [0.15, 0.2) is 55.1 Å². The predicted molar refractivity (Wildman–Crippen MR) is 129 cm³/mol. The lowest BCUT2D eigenvalue weighted by molar-refractivity contribution is -0.113. The predicted octanol–water partition coefficient (Wildman–Crippen LogP) is 3.64. The molecule has 1 saturated heterocycles. The van der Waals surface area contributed by atoms with Crippen molar-refractivity contribution in [2.24, 2.45) is 0 Å². The molecule has 0 radical (unpaired) electrons. The van der Waals surface area contributed by atoms with Crippen LogP contribution in [-0.4, -0.2) is 49.7 Å². The van der Waals surface area contributed by atoms with Crippen molar-refractivity contribution in [3.63, 3.8) is 0 Å². The molecule has 5 heterocycles. The van der Waals surface area contributed by atoms with E-state index in [1.165, 1.54) is 6.33 Å². The summed E-state index contributed by atoms with van der Waals surface area (Å²) in [7, 11) is 0. The lowest BCUT2D eigenvalue weighted by Gasteiger charge is -2.30. The number of hydrogen-bond acceptors (Lipinski definition) is 7. The van der Waals surface area contributed by atoms with Crippen LogP contribution in [0.25, 0.3) is 17.3 Å². The molecule has 6 rings (SSSR count). The smallest absolute Gasteiger partial charge is 0.260 e. The zero-order chi connectivity index (χ0) is 23.1. The minimum absolute atomic E-state index is 0.0395. The summed E-state index contributed by atoms with van der Waals surface area (Å²) in [5.41, 5.74) is 4.90. The summed E-state index contributed by atoms with van der Waals surface area (Å²) in [5.74, 6) is 1.01. The van der Waals surface area contributed by atoms with E-state index in [1.807, 2.05) is 60.5 Å². The molecule has 1 amide bonds. The first-order valence-electron chi connectivity index (χ1n) is 11.3. The summed E-state index contributed by atoms with van der Waals surface area (Å²) in [6, 6.07) is 11.8. The van der Waals surface area contributed by atoms with Gasteiger partial charge >= 0.3 is 0 Å². The second-order valence-corrected chi connectivity index (χ2v) is 8.48. The Morgan fingerprint density at radius 2 is 1.97 bits per heavy atom. The van der Waals surface area contributed by atoms with Gasteiger partial charge in [-0.3, -0.25) is 9.69 Å². The second-order valence-electron chi connectivity index (χ2n) is 8.48. The molecule has 0 spiro atoms. The summed E-state index contributed by atoms with van der Waals surface area (Å²) in [4.78, 5) is 29.0. The first-order chi connectivity index (χ1) is 16.7. The highest BCUT2D eigenvalue weighted by Gasteiger charge is 2.39. The number of pyridine rings is 1. The van der Waals surface area contributed by atoms with E-state index < -0.39 is 0 Å². The summed E-state index contributed by atoms with van der Waals surface area (Å²) < 4.78 is 7.23. The fourth-order valence-electron chi connectivity index (χ4n) is 4.49. The molecule has 0 bridgehead atoms. The lowest BCUT2D eigenvalue weighted by atomic mass is 10.1. The number of aryl methyl sites for hydroxylation is 1. The third kappa shape index (κ3) is 3.60. The largest absolute Gasteiger partial charge is 0.381 e. The first kappa shape index (κ1) is 20.5. The number of anilines is 3. The third-order valence-corrected chi connectivity index (χ3v) is 6.27. The first-order valence-corrected chi connectivity index (χ1v) is 11.3. The van der Waals surface area contributed by atoms with Crippen molar-refractivity contribution in [1.82, 2.24) is 24.6 Å². The molecule has 9 heteroatoms. The molecule has 0 saturated carbocycles. The lowest BCUT2D eigenvalue weighted by Crippen LogP contribution is -2.41. The van der Waals surface area contributed by atoms with Crippen molar-refractivity contribution < 1.29 is 9.53 Å². The minimum Gasteiger partial charge on any atom is -0.381 e. The van der Waals surface area contributed by atoms with Crippen molar-refractivity contribution in [3.8, 4) is 0 Å². The molecule has 9 nitrogen and oxygen atoms in total. The average Bonchev–Trinajstić information content (AvgIpc) is 3.42. The van der Waals surface area contributed by atoms with E-state index in [-0.39, 0.29) is 11.9 Å². The Kier molecular flexibility index (Phi) is 5.03. The normalized spacial score (nSPS) is 17.5. The van der Waals surface area contributed by atoms with E-state index in [4.69, 9.17) is 9.72 Å². The monoisotopic (exact) mass is 453 g/mol. The van der Waals surface area contributed by atoms with Crippen molar-refractivity contribution in [1.29, 1.82) is 0 Å². The van der Waals surface area contributed by atoms with Crippen LogP contribution in [0.5, 0.6) is 0 Å². The number of rotatable bonds is 4. The van der Waals surface area contributed by atoms with Crippen LogP contribution >= 0.6 is 0 Å². The van der Waals surface area contributed by atoms with Crippen LogP contribution < -0.4 is 10.2 Å². The number of benzene rings is 1. The standard InChI is InChI=1S/C25H23N7O2/c1-16-11-22-27-15-28-31(22)14-21(16)29-25-26-13-20-19(12-17-5-3-2-4-6-17)24(33)32(23(20)30-25)18-7-9-34-10-8-18/h2-6,11-15,18H,7-10H2,1H3,(H,26,29,30)/b19-12-. The number of carbonyl (C=O) groups excluding carboxylic acids is 1. The molecule has 170 valence electrons. The van der Waals surface area contributed by atoms with Crippen molar-refractivity contribution in [2.75, 3.05) is 23.4 Å². The Morgan fingerprint density at radius 1 is 1.15 bits per heavy atom. The molecule has 1 N–H and O–H groups in total. The highest BCUT2D eigenvalue weighted by Crippen LogP contribution is 2.39. The number of aromatic nitrogens is 5. The molecule has 3 aromatic heterocycles. The van der Waals surface area contributed by atoms with Gasteiger partial charge in [-0.2, -0.15) is 10.1 Å². The average molecular weight is 454 g/mol. The van der Waals surface area contributed by atoms with Gasteiger partial charge in [-0.25, -0.2) is 14.5 Å². The number of amides is 1. The fraction of sp³-hybridized carbons (Fsp3) is 0.240. The fourth-order valence-corrected chi connectivity index (χ4v) is 4.49. The van der Waals surface area contributed by atoms with Crippen molar-refractivity contribution in [2.45, 2.75) is 25.8 Å². The number of nitrogens with zero attached hydrogens (tertiary/aromatic N) is 6. The van der Waals surface area contributed by atoms with Gasteiger partial charge in [0.2, 0.25) is 5.95 Å². The number of ether oxygens (including phenoxy) is 1. The zero-order valence-electron chi connectivity index (χ0n) is 18.7. The van der Waals surface area contributed by atoms with Crippen LogP contribution in [-0.2, 0) is 9.53 Å². The van der Waals surface area contributed by atoms with Gasteiger partial charge in [0.25, 0.3) is 5.91 Å². The van der Waals surface area contributed by atoms with Gasteiger partial charge in [-0.05, 0) is 43.0 Å². The highest BCUT2D eigenvalue weighted by molar-refractivity contribution is 6.35. The van der Waals surface area contributed by atoms with Crippen LogP contribution in [0.1, 0.15) is 29.5 Å². The van der Waals surface area contributed by atoms with E-state index in [9.17, 15) is 4.79 Å². The zero-order valence-corrected chi connectivity index (χ0v) is 18.7. The van der Waals surface area contributed by atoms with Crippen LogP contribution in [0.2, 0.25) is 0 Å². The van der Waals surface area contributed by atoms with Crippen LogP contribution in [0, 0.1) is 6.92 Å². The number of nitrogens with one attached hydrogen (secondary N) is 1. The van der Waals surface area contributed by atoms with Crippen molar-refractivity contribution >= 4 is 40.7 Å². The molecule has 2 aliphatic rings. The summed E-state index contributed by atoms with van der Waals surface area (Å²) >= 11 is 0. The summed E-state index contributed by atoms with van der Waals surface area (Å²) in [6.07, 6.45) is 8.58. The van der Waals surface area contributed by atoms with Gasteiger partial charge in [-0.15, -0.1) is 0 Å². The molecule has 1 aromatic carbocycles. The van der Waals surface area contributed by atoms with E-state index in [0.29, 0.717) is 30.6 Å². The van der Waals surface area contributed by atoms with Crippen molar-refractivity contribution in [3.05, 3.63) is 71.8 Å². The van der Waals surface area contributed by atoms with Gasteiger partial charge in [0, 0.05) is 31.0 Å². The van der Waals surface area contributed by atoms with E-state index in [0.717, 1.165) is 40.9 Å².